The van der Waals surface area contributed by atoms with Gasteiger partial charge in [-0.05, 0) is 0 Å². The Hall–Kier alpha value is -0.633. The van der Waals surface area contributed by atoms with Gasteiger partial charge in [-0.3, -0.25) is 0 Å². The third-order valence-corrected chi connectivity index (χ3v) is 4.56. The molecule has 7 heteroatoms. The van der Waals surface area contributed by atoms with Crippen molar-refractivity contribution in [2.75, 3.05) is 55.7 Å². The molecule has 0 spiro atoms. The predicted octanol–water partition coefficient (Wildman–Crippen LogP) is -0.117. The Kier molecular flexibility index (Phi) is 6.57. The molecule has 0 N–H and O–H groups in total. The first-order valence-corrected chi connectivity index (χ1v) is 6.90. The Labute approximate surface area is 99.2 Å². The van der Waals surface area contributed by atoms with Crippen molar-refractivity contribution in [1.82, 2.24) is 9.80 Å². The minimum Gasteiger partial charge on any atom is -0.376 e. The molecular formula is C9H23N3O3Si. The van der Waals surface area contributed by atoms with Crippen LogP contribution in [0.1, 0.15) is 0 Å². The molecule has 0 aromatic rings. The number of hydrogen-bond acceptors (Lipinski definition) is 4. The van der Waals surface area contributed by atoms with Crippen LogP contribution in [0.4, 0.5) is 0 Å². The Bertz CT molecular complexity index is 212. The minimum absolute atomic E-state index is 0.405. The molecule has 0 rings (SSSR count). The lowest BCUT2D eigenvalue weighted by molar-refractivity contribution is 0.125. The molecule has 0 radical (unpaired) electrons. The van der Waals surface area contributed by atoms with Gasteiger partial charge in [0.25, 0.3) is 0 Å². The highest BCUT2D eigenvalue weighted by Gasteiger charge is 2.38. The first-order valence-electron chi connectivity index (χ1n) is 4.97. The summed E-state index contributed by atoms with van der Waals surface area (Å²) >= 11 is 0. The van der Waals surface area contributed by atoms with Crippen LogP contribution in [0.5, 0.6) is 0 Å². The summed E-state index contributed by atoms with van der Waals surface area (Å²) in [5.41, 5.74) is 0. The molecule has 0 amide bonds. The van der Waals surface area contributed by atoms with Crippen LogP contribution in [0, 0.1) is 0 Å². The number of nitrogens with zero attached hydrogens (tertiary/aromatic N) is 3. The predicted molar refractivity (Wildman–Crippen MR) is 66.5 cm³/mol. The van der Waals surface area contributed by atoms with Crippen molar-refractivity contribution >= 4 is 14.8 Å². The maximum Gasteiger partial charge on any atom is 0.522 e. The van der Waals surface area contributed by atoms with E-state index in [1.165, 1.54) is 0 Å². The van der Waals surface area contributed by atoms with Gasteiger partial charge < -0.3 is 23.1 Å². The van der Waals surface area contributed by atoms with Gasteiger partial charge in [0.05, 0.1) is 0 Å². The van der Waals surface area contributed by atoms with Gasteiger partial charge in [0.15, 0.2) is 5.96 Å². The number of guanidine groups is 1. The van der Waals surface area contributed by atoms with Crippen LogP contribution in [-0.2, 0) is 13.3 Å². The molecule has 0 unspecified atom stereocenters. The molecular weight excluding hydrogens is 226 g/mol. The number of hydrogen-bond donors (Lipinski definition) is 0. The zero-order chi connectivity index (χ0) is 12.8. The van der Waals surface area contributed by atoms with Gasteiger partial charge in [0.1, 0.15) is 6.17 Å². The van der Waals surface area contributed by atoms with E-state index in [9.17, 15) is 0 Å². The van der Waals surface area contributed by atoms with E-state index >= 15 is 0 Å². The highest BCUT2D eigenvalue weighted by Crippen LogP contribution is 2.06. The van der Waals surface area contributed by atoms with E-state index in [4.69, 9.17) is 13.3 Å². The molecule has 0 aromatic heterocycles. The van der Waals surface area contributed by atoms with Gasteiger partial charge >= 0.3 is 8.80 Å². The summed E-state index contributed by atoms with van der Waals surface area (Å²) in [4.78, 5) is 8.32. The summed E-state index contributed by atoms with van der Waals surface area (Å²) in [5, 5.41) is 0. The van der Waals surface area contributed by atoms with Crippen molar-refractivity contribution in [2.24, 2.45) is 4.99 Å². The Morgan fingerprint density at radius 2 is 1.31 bits per heavy atom. The lowest BCUT2D eigenvalue weighted by atomic mass is 10.7. The fraction of sp³-hybridized carbons (Fsp3) is 0.889. The van der Waals surface area contributed by atoms with Crippen molar-refractivity contribution in [3.8, 4) is 0 Å². The Morgan fingerprint density at radius 1 is 0.938 bits per heavy atom. The van der Waals surface area contributed by atoms with E-state index in [-0.39, 0.29) is 0 Å². The Balaban J connectivity index is 4.74. The van der Waals surface area contributed by atoms with E-state index in [0.717, 1.165) is 5.96 Å². The first kappa shape index (κ1) is 15.4. The molecule has 0 heterocycles. The lowest BCUT2D eigenvalue weighted by Gasteiger charge is -2.26. The zero-order valence-corrected chi connectivity index (χ0v) is 12.3. The van der Waals surface area contributed by atoms with Crippen LogP contribution >= 0.6 is 0 Å². The third-order valence-electron chi connectivity index (χ3n) is 2.15. The largest absolute Gasteiger partial charge is 0.522 e. The van der Waals surface area contributed by atoms with Crippen molar-refractivity contribution in [2.45, 2.75) is 0 Å². The summed E-state index contributed by atoms with van der Waals surface area (Å²) in [6, 6.07) is 0. The fourth-order valence-corrected chi connectivity index (χ4v) is 2.52. The van der Waals surface area contributed by atoms with Crippen LogP contribution in [0.15, 0.2) is 4.99 Å². The molecule has 0 saturated carbocycles. The maximum absolute atomic E-state index is 5.30. The zero-order valence-electron chi connectivity index (χ0n) is 11.3. The maximum atomic E-state index is 5.30. The highest BCUT2D eigenvalue weighted by atomic mass is 28.4. The SMILES string of the molecule is CO[Si](CN=C(N(C)C)N(C)C)(OC)OC. The average molecular weight is 249 g/mol. The smallest absolute Gasteiger partial charge is 0.376 e. The summed E-state index contributed by atoms with van der Waals surface area (Å²) in [7, 11) is 9.89. The van der Waals surface area contributed by atoms with E-state index in [1.54, 1.807) is 21.3 Å². The van der Waals surface area contributed by atoms with Crippen LogP contribution in [0.3, 0.4) is 0 Å². The second kappa shape index (κ2) is 6.84. The van der Waals surface area contributed by atoms with E-state index in [2.05, 4.69) is 4.99 Å². The minimum atomic E-state index is -2.61. The molecule has 0 aliphatic carbocycles. The summed E-state index contributed by atoms with van der Waals surface area (Å²) in [6.07, 6.45) is 0.405. The molecule has 0 aliphatic heterocycles. The molecule has 0 atom stereocenters. The van der Waals surface area contributed by atoms with E-state index < -0.39 is 8.80 Å². The normalized spacial score (nSPS) is 11.2. The molecule has 0 aromatic carbocycles. The molecule has 0 fully saturated rings. The summed E-state index contributed by atoms with van der Waals surface area (Å²) in [5.74, 6) is 0.850. The van der Waals surface area contributed by atoms with Gasteiger partial charge in [0, 0.05) is 49.5 Å². The molecule has 16 heavy (non-hydrogen) atoms. The van der Waals surface area contributed by atoms with Gasteiger partial charge in [-0.25, -0.2) is 4.99 Å². The molecule has 0 saturated heterocycles. The van der Waals surface area contributed by atoms with Gasteiger partial charge in [0.2, 0.25) is 0 Å². The topological polar surface area (TPSA) is 46.5 Å². The molecule has 0 bridgehead atoms. The van der Waals surface area contributed by atoms with Crippen molar-refractivity contribution in [3.63, 3.8) is 0 Å². The molecule has 6 nitrogen and oxygen atoms in total. The molecule has 96 valence electrons. The van der Waals surface area contributed by atoms with Crippen LogP contribution < -0.4 is 0 Å². The summed E-state index contributed by atoms with van der Waals surface area (Å²) in [6.45, 7) is 0. The van der Waals surface area contributed by atoms with E-state index in [0.29, 0.717) is 6.17 Å². The van der Waals surface area contributed by atoms with Crippen molar-refractivity contribution in [1.29, 1.82) is 0 Å². The molecule has 0 aliphatic rings. The van der Waals surface area contributed by atoms with Crippen LogP contribution in [0.25, 0.3) is 0 Å². The quantitative estimate of drug-likeness (QED) is 0.386. The second-order valence-electron chi connectivity index (χ2n) is 3.70. The van der Waals surface area contributed by atoms with Gasteiger partial charge in [-0.15, -0.1) is 0 Å². The fourth-order valence-electron chi connectivity index (χ4n) is 1.29. The van der Waals surface area contributed by atoms with Crippen LogP contribution in [-0.4, -0.2) is 80.3 Å². The van der Waals surface area contributed by atoms with Crippen molar-refractivity contribution < 1.29 is 13.3 Å². The summed E-state index contributed by atoms with van der Waals surface area (Å²) < 4.78 is 15.9. The second-order valence-corrected chi connectivity index (χ2v) is 6.61. The highest BCUT2D eigenvalue weighted by molar-refractivity contribution is 6.60. The van der Waals surface area contributed by atoms with Gasteiger partial charge in [-0.2, -0.15) is 0 Å². The average Bonchev–Trinajstić information content (AvgIpc) is 2.24. The van der Waals surface area contributed by atoms with Crippen LogP contribution in [0.2, 0.25) is 0 Å². The van der Waals surface area contributed by atoms with Crippen molar-refractivity contribution in [3.05, 3.63) is 0 Å². The lowest BCUT2D eigenvalue weighted by Crippen LogP contribution is -2.48. The monoisotopic (exact) mass is 249 g/mol. The Morgan fingerprint density at radius 3 is 1.56 bits per heavy atom. The first-order chi connectivity index (χ1) is 7.42. The number of aliphatic imine (C=N–C) groups is 1. The number of rotatable bonds is 5. The van der Waals surface area contributed by atoms with Gasteiger partial charge in [-0.1, -0.05) is 0 Å². The standard InChI is InChI=1S/C9H23N3O3Si/c1-11(2)9(12(3)4)10-8-16(13-5,14-6)15-7/h8H2,1-7H3. The third kappa shape index (κ3) is 4.09. The van der Waals surface area contributed by atoms with E-state index in [1.807, 2.05) is 38.0 Å².